The topological polar surface area (TPSA) is 21.3 Å². The first-order valence-corrected chi connectivity index (χ1v) is 7.26. The van der Waals surface area contributed by atoms with Crippen molar-refractivity contribution in [2.75, 3.05) is 13.7 Å². The molecule has 0 aliphatic carbocycles. The van der Waals surface area contributed by atoms with Crippen LogP contribution in [0, 0.1) is 0 Å². The molecule has 0 aliphatic rings. The van der Waals surface area contributed by atoms with Gasteiger partial charge in [-0.05, 0) is 42.3 Å². The highest BCUT2D eigenvalue weighted by Gasteiger charge is 2.07. The van der Waals surface area contributed by atoms with Gasteiger partial charge >= 0.3 is 0 Å². The van der Waals surface area contributed by atoms with Crippen LogP contribution in [-0.4, -0.2) is 13.7 Å². The molecule has 3 heteroatoms. The number of rotatable bonds is 6. The number of ether oxygens (including phenoxy) is 1. The predicted molar refractivity (Wildman–Crippen MR) is 85.4 cm³/mol. The van der Waals surface area contributed by atoms with Gasteiger partial charge in [0.15, 0.2) is 0 Å². The van der Waals surface area contributed by atoms with E-state index in [4.69, 9.17) is 16.3 Å². The van der Waals surface area contributed by atoms with Gasteiger partial charge in [-0.2, -0.15) is 0 Å². The lowest BCUT2D eigenvalue weighted by molar-refractivity contribution is 0.416. The highest BCUT2D eigenvalue weighted by molar-refractivity contribution is 6.31. The second-order valence-electron chi connectivity index (χ2n) is 4.68. The minimum Gasteiger partial charge on any atom is -0.496 e. The molecule has 0 amide bonds. The van der Waals surface area contributed by atoms with Crippen molar-refractivity contribution in [3.63, 3.8) is 0 Å². The molecule has 0 aromatic heterocycles. The Labute approximate surface area is 125 Å². The van der Waals surface area contributed by atoms with E-state index in [1.54, 1.807) is 7.11 Å². The number of nitrogens with one attached hydrogen (secondary N) is 1. The molecule has 2 rings (SSSR count). The van der Waals surface area contributed by atoms with Gasteiger partial charge in [-0.1, -0.05) is 42.8 Å². The quantitative estimate of drug-likeness (QED) is 0.790. The number of methoxy groups -OCH3 is 1. The van der Waals surface area contributed by atoms with E-state index in [0.29, 0.717) is 0 Å². The summed E-state index contributed by atoms with van der Waals surface area (Å²) < 4.78 is 5.42. The first kappa shape index (κ1) is 14.9. The fraction of sp³-hybridized carbons (Fsp3) is 0.294. The molecule has 0 unspecified atom stereocenters. The van der Waals surface area contributed by atoms with Crippen molar-refractivity contribution in [2.45, 2.75) is 19.9 Å². The van der Waals surface area contributed by atoms with Crippen LogP contribution in [0.3, 0.4) is 0 Å². The third-order valence-corrected chi connectivity index (χ3v) is 3.57. The average Bonchev–Trinajstić information content (AvgIpc) is 2.49. The van der Waals surface area contributed by atoms with Crippen LogP contribution in [0.2, 0.25) is 5.02 Å². The van der Waals surface area contributed by atoms with Crippen molar-refractivity contribution in [2.24, 2.45) is 0 Å². The van der Waals surface area contributed by atoms with E-state index in [9.17, 15) is 0 Å². The van der Waals surface area contributed by atoms with Gasteiger partial charge in [0.25, 0.3) is 0 Å². The van der Waals surface area contributed by atoms with Crippen molar-refractivity contribution in [1.82, 2.24) is 5.32 Å². The lowest BCUT2D eigenvalue weighted by Gasteiger charge is -2.11. The molecular formula is C17H20ClNO. The van der Waals surface area contributed by atoms with E-state index in [2.05, 4.69) is 24.4 Å². The van der Waals surface area contributed by atoms with Crippen molar-refractivity contribution in [1.29, 1.82) is 0 Å². The second-order valence-corrected chi connectivity index (χ2v) is 5.09. The molecule has 0 saturated carbocycles. The summed E-state index contributed by atoms with van der Waals surface area (Å²) in [5, 5.41) is 4.18. The predicted octanol–water partition coefficient (Wildman–Crippen LogP) is 4.52. The van der Waals surface area contributed by atoms with Gasteiger partial charge in [0.05, 0.1) is 7.11 Å². The number of halogens is 1. The molecular weight excluding hydrogens is 270 g/mol. The van der Waals surface area contributed by atoms with Gasteiger partial charge < -0.3 is 10.1 Å². The molecule has 0 bridgehead atoms. The summed E-state index contributed by atoms with van der Waals surface area (Å²) in [5.41, 5.74) is 3.33. The molecule has 1 N–H and O–H groups in total. The molecule has 20 heavy (non-hydrogen) atoms. The van der Waals surface area contributed by atoms with Crippen LogP contribution in [0.15, 0.2) is 42.5 Å². The van der Waals surface area contributed by atoms with Gasteiger partial charge in [-0.15, -0.1) is 0 Å². The van der Waals surface area contributed by atoms with Crippen LogP contribution in [-0.2, 0) is 6.54 Å². The first-order chi connectivity index (χ1) is 9.76. The zero-order valence-corrected chi connectivity index (χ0v) is 12.7. The highest BCUT2D eigenvalue weighted by Crippen LogP contribution is 2.31. The van der Waals surface area contributed by atoms with Crippen molar-refractivity contribution in [3.8, 4) is 16.9 Å². The Morgan fingerprint density at radius 3 is 2.70 bits per heavy atom. The lowest BCUT2D eigenvalue weighted by atomic mass is 10.0. The van der Waals surface area contributed by atoms with Crippen molar-refractivity contribution < 1.29 is 4.74 Å². The van der Waals surface area contributed by atoms with E-state index < -0.39 is 0 Å². The smallest absolute Gasteiger partial charge is 0.126 e. The van der Waals surface area contributed by atoms with E-state index in [-0.39, 0.29) is 0 Å². The third-order valence-electron chi connectivity index (χ3n) is 3.21. The monoisotopic (exact) mass is 289 g/mol. The Morgan fingerprint density at radius 2 is 1.95 bits per heavy atom. The Balaban J connectivity index is 2.30. The molecule has 0 aliphatic heterocycles. The van der Waals surface area contributed by atoms with E-state index in [1.165, 1.54) is 0 Å². The SMILES string of the molecule is CCCNCc1cc(-c2ccccc2OC)ccc1Cl. The van der Waals surface area contributed by atoms with Crippen LogP contribution < -0.4 is 10.1 Å². The fourth-order valence-electron chi connectivity index (χ4n) is 2.16. The summed E-state index contributed by atoms with van der Waals surface area (Å²) in [6.45, 7) is 3.94. The van der Waals surface area contributed by atoms with Gasteiger partial charge in [0.1, 0.15) is 5.75 Å². The third kappa shape index (κ3) is 3.53. The summed E-state index contributed by atoms with van der Waals surface area (Å²) in [4.78, 5) is 0. The molecule has 0 radical (unpaired) electrons. The number of benzene rings is 2. The zero-order chi connectivity index (χ0) is 14.4. The Kier molecular flexibility index (Phi) is 5.45. The Hall–Kier alpha value is -1.51. The molecule has 2 aromatic carbocycles. The largest absolute Gasteiger partial charge is 0.496 e. The average molecular weight is 290 g/mol. The van der Waals surface area contributed by atoms with Gasteiger partial charge in [-0.3, -0.25) is 0 Å². The number of hydrogen-bond donors (Lipinski definition) is 1. The molecule has 2 aromatic rings. The highest BCUT2D eigenvalue weighted by atomic mass is 35.5. The molecule has 0 fully saturated rings. The summed E-state index contributed by atoms with van der Waals surface area (Å²) in [7, 11) is 1.69. The Morgan fingerprint density at radius 1 is 1.15 bits per heavy atom. The maximum atomic E-state index is 6.27. The molecule has 0 atom stereocenters. The second kappa shape index (κ2) is 7.32. The van der Waals surface area contributed by atoms with E-state index >= 15 is 0 Å². The van der Waals surface area contributed by atoms with E-state index in [0.717, 1.165) is 47.0 Å². The Bertz CT molecular complexity index is 569. The zero-order valence-electron chi connectivity index (χ0n) is 11.9. The van der Waals surface area contributed by atoms with Crippen LogP contribution in [0.4, 0.5) is 0 Å². The summed E-state index contributed by atoms with van der Waals surface area (Å²) in [6.07, 6.45) is 1.11. The molecule has 0 heterocycles. The molecule has 106 valence electrons. The minimum absolute atomic E-state index is 0.787. The lowest BCUT2D eigenvalue weighted by Crippen LogP contribution is -2.14. The normalized spacial score (nSPS) is 10.6. The molecule has 0 saturated heterocycles. The number of hydrogen-bond acceptors (Lipinski definition) is 2. The van der Waals surface area contributed by atoms with Crippen molar-refractivity contribution in [3.05, 3.63) is 53.1 Å². The standard InChI is InChI=1S/C17H20ClNO/c1-3-10-19-12-14-11-13(8-9-16(14)18)15-6-4-5-7-17(15)20-2/h4-9,11,19H,3,10,12H2,1-2H3. The summed E-state index contributed by atoms with van der Waals surface area (Å²) in [6, 6.07) is 14.1. The summed E-state index contributed by atoms with van der Waals surface area (Å²) >= 11 is 6.27. The maximum absolute atomic E-state index is 6.27. The van der Waals surface area contributed by atoms with Crippen molar-refractivity contribution >= 4 is 11.6 Å². The van der Waals surface area contributed by atoms with Crippen LogP contribution in [0.25, 0.3) is 11.1 Å². The van der Waals surface area contributed by atoms with Gasteiger partial charge in [-0.25, -0.2) is 0 Å². The van der Waals surface area contributed by atoms with Crippen LogP contribution in [0.1, 0.15) is 18.9 Å². The maximum Gasteiger partial charge on any atom is 0.126 e. The van der Waals surface area contributed by atoms with Crippen LogP contribution in [0.5, 0.6) is 5.75 Å². The summed E-state index contributed by atoms with van der Waals surface area (Å²) in [5.74, 6) is 0.877. The minimum atomic E-state index is 0.787. The molecule has 0 spiro atoms. The van der Waals surface area contributed by atoms with Crippen LogP contribution >= 0.6 is 11.6 Å². The van der Waals surface area contributed by atoms with E-state index in [1.807, 2.05) is 30.3 Å². The van der Waals surface area contributed by atoms with Gasteiger partial charge in [0.2, 0.25) is 0 Å². The first-order valence-electron chi connectivity index (χ1n) is 6.88. The molecule has 2 nitrogen and oxygen atoms in total. The fourth-order valence-corrected chi connectivity index (χ4v) is 2.35. The number of para-hydroxylation sites is 1. The van der Waals surface area contributed by atoms with Gasteiger partial charge in [0, 0.05) is 17.1 Å².